The number of hydrogen-bond acceptors (Lipinski definition) is 3. The Morgan fingerprint density at radius 1 is 1.41 bits per heavy atom. The zero-order valence-electron chi connectivity index (χ0n) is 10.8. The number of aryl methyl sites for hydroxylation is 1. The summed E-state index contributed by atoms with van der Waals surface area (Å²) in [6.45, 7) is 5.60. The first-order valence-corrected chi connectivity index (χ1v) is 7.76. The third-order valence-electron chi connectivity index (χ3n) is 3.60. The molecule has 0 aliphatic carbocycles. The molecule has 0 saturated carbocycles. The van der Waals surface area contributed by atoms with Gasteiger partial charge in [0.25, 0.3) is 0 Å². The largest absolute Gasteiger partial charge is 0.314 e. The highest BCUT2D eigenvalue weighted by Gasteiger charge is 2.11. The van der Waals surface area contributed by atoms with E-state index in [4.69, 9.17) is 0 Å². The minimum Gasteiger partial charge on any atom is -0.314 e. The average molecular weight is 252 g/mol. The Balaban J connectivity index is 1.53. The van der Waals surface area contributed by atoms with Crippen LogP contribution in [0, 0.1) is 6.92 Å². The van der Waals surface area contributed by atoms with Gasteiger partial charge in [-0.05, 0) is 67.6 Å². The lowest BCUT2D eigenvalue weighted by molar-refractivity contribution is 0.373. The van der Waals surface area contributed by atoms with Gasteiger partial charge in [0, 0.05) is 12.6 Å². The van der Waals surface area contributed by atoms with Gasteiger partial charge in [-0.1, -0.05) is 6.42 Å². The van der Waals surface area contributed by atoms with Crippen LogP contribution in [0.3, 0.4) is 0 Å². The van der Waals surface area contributed by atoms with Crippen LogP contribution in [0.4, 0.5) is 0 Å². The van der Waals surface area contributed by atoms with E-state index in [0.717, 1.165) is 19.1 Å². The fraction of sp³-hybridized carbons (Fsp3) is 0.714. The van der Waals surface area contributed by atoms with Crippen LogP contribution in [-0.4, -0.2) is 19.1 Å². The smallest absolute Gasteiger partial charge is 0.0216 e. The second kappa shape index (κ2) is 7.14. The van der Waals surface area contributed by atoms with Crippen LogP contribution in [0.5, 0.6) is 0 Å². The molecule has 1 atom stereocenters. The molecule has 0 bridgehead atoms. The lowest BCUT2D eigenvalue weighted by Gasteiger charge is -2.23. The third kappa shape index (κ3) is 4.41. The van der Waals surface area contributed by atoms with Crippen molar-refractivity contribution in [2.75, 3.05) is 13.1 Å². The molecular formula is C14H24N2S. The lowest BCUT2D eigenvalue weighted by atomic mass is 10.0. The van der Waals surface area contributed by atoms with E-state index in [9.17, 15) is 0 Å². The summed E-state index contributed by atoms with van der Waals surface area (Å²) in [5.41, 5.74) is 2.89. The zero-order chi connectivity index (χ0) is 11.9. The van der Waals surface area contributed by atoms with E-state index in [1.54, 1.807) is 11.3 Å². The second-order valence-electron chi connectivity index (χ2n) is 5.05. The molecule has 1 unspecified atom stereocenters. The maximum Gasteiger partial charge on any atom is 0.0216 e. The standard InChI is InChI=1S/C14H24N2S/c1-12-10-17-11-13(12)9-15-7-4-6-14-5-2-3-8-16-14/h10-11,14-16H,2-9H2,1H3. The number of nitrogens with one attached hydrogen (secondary N) is 2. The van der Waals surface area contributed by atoms with Crippen molar-refractivity contribution < 1.29 is 0 Å². The van der Waals surface area contributed by atoms with Crippen molar-refractivity contribution in [3.05, 3.63) is 21.9 Å². The van der Waals surface area contributed by atoms with E-state index in [2.05, 4.69) is 28.3 Å². The first-order valence-electron chi connectivity index (χ1n) is 6.82. The second-order valence-corrected chi connectivity index (χ2v) is 5.79. The van der Waals surface area contributed by atoms with E-state index >= 15 is 0 Å². The van der Waals surface area contributed by atoms with Gasteiger partial charge in [0.05, 0.1) is 0 Å². The summed E-state index contributed by atoms with van der Waals surface area (Å²) in [7, 11) is 0. The molecule has 1 aliphatic rings. The minimum absolute atomic E-state index is 0.786. The Morgan fingerprint density at radius 3 is 3.06 bits per heavy atom. The molecule has 1 aliphatic heterocycles. The predicted molar refractivity (Wildman–Crippen MR) is 75.6 cm³/mol. The molecule has 2 heterocycles. The van der Waals surface area contributed by atoms with Crippen molar-refractivity contribution in [2.45, 2.75) is 51.6 Å². The van der Waals surface area contributed by atoms with Crippen molar-refractivity contribution >= 4 is 11.3 Å². The topological polar surface area (TPSA) is 24.1 Å². The number of hydrogen-bond donors (Lipinski definition) is 2. The van der Waals surface area contributed by atoms with Gasteiger partial charge < -0.3 is 10.6 Å². The molecule has 2 rings (SSSR count). The van der Waals surface area contributed by atoms with Gasteiger partial charge in [-0.25, -0.2) is 0 Å². The molecule has 2 N–H and O–H groups in total. The Labute approximate surface area is 109 Å². The zero-order valence-corrected chi connectivity index (χ0v) is 11.6. The maximum atomic E-state index is 3.61. The van der Waals surface area contributed by atoms with Crippen LogP contribution in [0.15, 0.2) is 10.8 Å². The molecule has 1 aromatic heterocycles. The van der Waals surface area contributed by atoms with Crippen LogP contribution in [0.25, 0.3) is 0 Å². The highest BCUT2D eigenvalue weighted by molar-refractivity contribution is 7.08. The van der Waals surface area contributed by atoms with Crippen LogP contribution in [0.2, 0.25) is 0 Å². The first kappa shape index (κ1) is 13.1. The van der Waals surface area contributed by atoms with E-state index in [1.165, 1.54) is 49.8 Å². The summed E-state index contributed by atoms with van der Waals surface area (Å²) in [4.78, 5) is 0. The van der Waals surface area contributed by atoms with Gasteiger partial charge in [0.1, 0.15) is 0 Å². The van der Waals surface area contributed by atoms with Gasteiger partial charge in [0.15, 0.2) is 0 Å². The molecule has 0 spiro atoms. The Hall–Kier alpha value is -0.380. The van der Waals surface area contributed by atoms with Crippen molar-refractivity contribution in [1.82, 2.24) is 10.6 Å². The Kier molecular flexibility index (Phi) is 5.49. The summed E-state index contributed by atoms with van der Waals surface area (Å²) >= 11 is 1.80. The minimum atomic E-state index is 0.786. The fourth-order valence-corrected chi connectivity index (χ4v) is 3.29. The predicted octanol–water partition coefficient (Wildman–Crippen LogP) is 3.07. The van der Waals surface area contributed by atoms with Crippen LogP contribution < -0.4 is 10.6 Å². The summed E-state index contributed by atoms with van der Waals surface area (Å²) < 4.78 is 0. The highest BCUT2D eigenvalue weighted by Crippen LogP contribution is 2.13. The SMILES string of the molecule is Cc1cscc1CNCCCC1CCCCN1. The number of piperidine rings is 1. The number of thiophene rings is 1. The normalized spacial score (nSPS) is 20.6. The molecule has 2 nitrogen and oxygen atoms in total. The van der Waals surface area contributed by atoms with E-state index < -0.39 is 0 Å². The fourth-order valence-electron chi connectivity index (χ4n) is 2.43. The lowest BCUT2D eigenvalue weighted by Crippen LogP contribution is -2.34. The third-order valence-corrected chi connectivity index (χ3v) is 4.51. The van der Waals surface area contributed by atoms with E-state index in [1.807, 2.05) is 0 Å². The Morgan fingerprint density at radius 2 is 2.35 bits per heavy atom. The monoisotopic (exact) mass is 252 g/mol. The molecule has 3 heteroatoms. The van der Waals surface area contributed by atoms with Crippen molar-refractivity contribution in [1.29, 1.82) is 0 Å². The quantitative estimate of drug-likeness (QED) is 0.760. The molecule has 1 saturated heterocycles. The molecule has 0 amide bonds. The maximum absolute atomic E-state index is 3.61. The van der Waals surface area contributed by atoms with Gasteiger partial charge in [0.2, 0.25) is 0 Å². The van der Waals surface area contributed by atoms with Crippen LogP contribution >= 0.6 is 11.3 Å². The molecule has 1 aromatic rings. The molecular weight excluding hydrogens is 228 g/mol. The van der Waals surface area contributed by atoms with Crippen LogP contribution in [-0.2, 0) is 6.54 Å². The van der Waals surface area contributed by atoms with Crippen LogP contribution in [0.1, 0.15) is 43.2 Å². The molecule has 1 fully saturated rings. The number of rotatable bonds is 6. The summed E-state index contributed by atoms with van der Waals surface area (Å²) in [5, 5.41) is 11.6. The van der Waals surface area contributed by atoms with Crippen molar-refractivity contribution in [2.24, 2.45) is 0 Å². The van der Waals surface area contributed by atoms with Gasteiger partial charge >= 0.3 is 0 Å². The molecule has 0 aromatic carbocycles. The summed E-state index contributed by atoms with van der Waals surface area (Å²) in [6, 6.07) is 0.786. The van der Waals surface area contributed by atoms with Crippen molar-refractivity contribution in [3.63, 3.8) is 0 Å². The van der Waals surface area contributed by atoms with E-state index in [0.29, 0.717) is 0 Å². The van der Waals surface area contributed by atoms with Gasteiger partial charge in [-0.15, -0.1) is 0 Å². The summed E-state index contributed by atoms with van der Waals surface area (Å²) in [6.07, 6.45) is 6.78. The van der Waals surface area contributed by atoms with Crippen molar-refractivity contribution in [3.8, 4) is 0 Å². The molecule has 17 heavy (non-hydrogen) atoms. The molecule has 0 radical (unpaired) electrons. The average Bonchev–Trinajstić information content (AvgIpc) is 2.76. The highest BCUT2D eigenvalue weighted by atomic mass is 32.1. The molecule has 96 valence electrons. The first-order chi connectivity index (χ1) is 8.36. The summed E-state index contributed by atoms with van der Waals surface area (Å²) in [5.74, 6) is 0. The van der Waals surface area contributed by atoms with Gasteiger partial charge in [-0.3, -0.25) is 0 Å². The van der Waals surface area contributed by atoms with Gasteiger partial charge in [-0.2, -0.15) is 11.3 Å². The Bertz CT molecular complexity index is 316. The van der Waals surface area contributed by atoms with E-state index in [-0.39, 0.29) is 0 Å².